The molecule has 0 aromatic carbocycles. The largest absolute Gasteiger partial charge is 0.324 e. The predicted molar refractivity (Wildman–Crippen MR) is 42.5 cm³/mol. The van der Waals surface area contributed by atoms with E-state index in [-0.39, 0.29) is 11.9 Å². The number of urea groups is 1. The Morgan fingerprint density at radius 2 is 2.17 bits per heavy atom. The summed E-state index contributed by atoms with van der Waals surface area (Å²) in [6.45, 7) is 1.43. The van der Waals surface area contributed by atoms with Crippen LogP contribution in [0.25, 0.3) is 0 Å². The molecule has 1 heterocycles. The summed E-state index contributed by atoms with van der Waals surface area (Å²) < 4.78 is 0. The van der Waals surface area contributed by atoms with Crippen LogP contribution in [-0.2, 0) is 4.79 Å². The fourth-order valence-electron chi connectivity index (χ4n) is 1.39. The fraction of sp³-hybridized carbons (Fsp3) is 0.750. The van der Waals surface area contributed by atoms with Gasteiger partial charge in [-0.05, 0) is 18.8 Å². The average molecular weight is 168 g/mol. The Kier molecular flexibility index (Phi) is 1.75. The topological polar surface area (TPSA) is 49.4 Å². The standard InChI is InChI=1S/C8H12N2O2/c11-7-3-4-10(8(12)9-7)5-6-1-2-6/h6H,1-5H2,(H,9,11,12). The van der Waals surface area contributed by atoms with Crippen molar-refractivity contribution in [1.82, 2.24) is 10.2 Å². The van der Waals surface area contributed by atoms with E-state index in [0.717, 1.165) is 6.54 Å². The summed E-state index contributed by atoms with van der Waals surface area (Å²) >= 11 is 0. The highest BCUT2D eigenvalue weighted by atomic mass is 16.2. The quantitative estimate of drug-likeness (QED) is 0.646. The number of carbonyl (C=O) groups excluding carboxylic acids is 2. The van der Waals surface area contributed by atoms with Crippen molar-refractivity contribution in [3.63, 3.8) is 0 Å². The first kappa shape index (κ1) is 7.58. The molecule has 2 rings (SSSR count). The average Bonchev–Trinajstić information content (AvgIpc) is 2.79. The molecule has 0 aromatic heterocycles. The molecular weight excluding hydrogens is 156 g/mol. The second-order valence-corrected chi connectivity index (χ2v) is 3.49. The maximum Gasteiger partial charge on any atom is 0.324 e. The number of nitrogens with zero attached hydrogens (tertiary/aromatic N) is 1. The Morgan fingerprint density at radius 1 is 1.42 bits per heavy atom. The number of hydrogen-bond acceptors (Lipinski definition) is 2. The Morgan fingerprint density at radius 3 is 2.75 bits per heavy atom. The van der Waals surface area contributed by atoms with Crippen molar-refractivity contribution >= 4 is 11.9 Å². The van der Waals surface area contributed by atoms with Crippen LogP contribution >= 0.6 is 0 Å². The highest BCUT2D eigenvalue weighted by Crippen LogP contribution is 2.29. The number of nitrogens with one attached hydrogen (secondary N) is 1. The lowest BCUT2D eigenvalue weighted by Gasteiger charge is -2.26. The van der Waals surface area contributed by atoms with Gasteiger partial charge < -0.3 is 4.90 Å². The minimum Gasteiger partial charge on any atom is -0.324 e. The van der Waals surface area contributed by atoms with Crippen molar-refractivity contribution in [3.8, 4) is 0 Å². The second kappa shape index (κ2) is 2.77. The lowest BCUT2D eigenvalue weighted by atomic mass is 10.3. The molecule has 4 nitrogen and oxygen atoms in total. The molecule has 3 amide bonds. The van der Waals surface area contributed by atoms with Crippen LogP contribution in [0.1, 0.15) is 19.3 Å². The fourth-order valence-corrected chi connectivity index (χ4v) is 1.39. The van der Waals surface area contributed by atoms with Gasteiger partial charge in [0.05, 0.1) is 0 Å². The van der Waals surface area contributed by atoms with Gasteiger partial charge in [0.2, 0.25) is 5.91 Å². The molecule has 0 unspecified atom stereocenters. The van der Waals surface area contributed by atoms with E-state index in [2.05, 4.69) is 5.32 Å². The van der Waals surface area contributed by atoms with Crippen molar-refractivity contribution < 1.29 is 9.59 Å². The summed E-state index contributed by atoms with van der Waals surface area (Å²) in [6, 6.07) is -0.210. The molecule has 1 saturated heterocycles. The molecule has 1 N–H and O–H groups in total. The minimum absolute atomic E-state index is 0.146. The molecule has 0 atom stereocenters. The van der Waals surface area contributed by atoms with Crippen molar-refractivity contribution in [1.29, 1.82) is 0 Å². The van der Waals surface area contributed by atoms with Crippen molar-refractivity contribution in [2.75, 3.05) is 13.1 Å². The molecular formula is C8H12N2O2. The van der Waals surface area contributed by atoms with Gasteiger partial charge >= 0.3 is 6.03 Å². The highest BCUT2D eigenvalue weighted by Gasteiger charge is 2.29. The maximum absolute atomic E-state index is 11.2. The van der Waals surface area contributed by atoms with Crippen LogP contribution in [0.5, 0.6) is 0 Å². The van der Waals surface area contributed by atoms with E-state index in [4.69, 9.17) is 0 Å². The summed E-state index contributed by atoms with van der Waals surface area (Å²) in [5.41, 5.74) is 0. The molecule has 66 valence electrons. The van der Waals surface area contributed by atoms with E-state index < -0.39 is 0 Å². The maximum atomic E-state index is 11.2. The van der Waals surface area contributed by atoms with Gasteiger partial charge in [-0.3, -0.25) is 10.1 Å². The van der Waals surface area contributed by atoms with E-state index in [1.54, 1.807) is 4.90 Å². The molecule has 12 heavy (non-hydrogen) atoms. The molecule has 0 bridgehead atoms. The normalized spacial score (nSPS) is 24.2. The third kappa shape index (κ3) is 1.57. The highest BCUT2D eigenvalue weighted by molar-refractivity contribution is 5.96. The number of amides is 3. The van der Waals surface area contributed by atoms with Gasteiger partial charge in [0, 0.05) is 19.5 Å². The number of rotatable bonds is 2. The van der Waals surface area contributed by atoms with Crippen LogP contribution in [0.15, 0.2) is 0 Å². The van der Waals surface area contributed by atoms with E-state index in [1.165, 1.54) is 12.8 Å². The molecule has 1 aliphatic carbocycles. The Labute approximate surface area is 70.9 Å². The molecule has 1 saturated carbocycles. The third-order valence-corrected chi connectivity index (χ3v) is 2.32. The van der Waals surface area contributed by atoms with Crippen LogP contribution in [0, 0.1) is 5.92 Å². The summed E-state index contributed by atoms with van der Waals surface area (Å²) in [5.74, 6) is 0.552. The molecule has 0 radical (unpaired) electrons. The zero-order valence-electron chi connectivity index (χ0n) is 6.88. The van der Waals surface area contributed by atoms with Gasteiger partial charge in [0.25, 0.3) is 0 Å². The molecule has 0 spiro atoms. The van der Waals surface area contributed by atoms with Crippen molar-refractivity contribution in [3.05, 3.63) is 0 Å². The van der Waals surface area contributed by atoms with Crippen LogP contribution in [0.4, 0.5) is 4.79 Å². The number of hydrogen-bond donors (Lipinski definition) is 1. The lowest BCUT2D eigenvalue weighted by Crippen LogP contribution is -2.49. The van der Waals surface area contributed by atoms with Gasteiger partial charge in [-0.2, -0.15) is 0 Å². The summed E-state index contributed by atoms with van der Waals surface area (Å²) in [6.07, 6.45) is 2.92. The second-order valence-electron chi connectivity index (χ2n) is 3.49. The SMILES string of the molecule is O=C1CCN(CC2CC2)C(=O)N1. The zero-order valence-corrected chi connectivity index (χ0v) is 6.88. The summed E-state index contributed by atoms with van der Waals surface area (Å²) in [4.78, 5) is 23.7. The molecule has 4 heteroatoms. The van der Waals surface area contributed by atoms with Gasteiger partial charge in [-0.1, -0.05) is 0 Å². The van der Waals surface area contributed by atoms with Crippen molar-refractivity contribution in [2.45, 2.75) is 19.3 Å². The number of imide groups is 1. The predicted octanol–water partition coefficient (Wildman–Crippen LogP) is 0.338. The molecule has 2 fully saturated rings. The summed E-state index contributed by atoms with van der Waals surface area (Å²) in [5, 5.41) is 2.31. The monoisotopic (exact) mass is 168 g/mol. The third-order valence-electron chi connectivity index (χ3n) is 2.32. The van der Waals surface area contributed by atoms with E-state index >= 15 is 0 Å². The van der Waals surface area contributed by atoms with Gasteiger partial charge in [-0.25, -0.2) is 4.79 Å². The molecule has 1 aliphatic heterocycles. The van der Waals surface area contributed by atoms with E-state index in [9.17, 15) is 9.59 Å². The number of carbonyl (C=O) groups is 2. The van der Waals surface area contributed by atoms with Crippen molar-refractivity contribution in [2.24, 2.45) is 5.92 Å². The molecule has 0 aromatic rings. The first-order chi connectivity index (χ1) is 5.75. The van der Waals surface area contributed by atoms with E-state index in [0.29, 0.717) is 18.9 Å². The van der Waals surface area contributed by atoms with Crippen LogP contribution in [0.2, 0.25) is 0 Å². The van der Waals surface area contributed by atoms with Crippen LogP contribution < -0.4 is 5.32 Å². The summed E-state index contributed by atoms with van der Waals surface area (Å²) in [7, 11) is 0. The van der Waals surface area contributed by atoms with Gasteiger partial charge in [0.15, 0.2) is 0 Å². The van der Waals surface area contributed by atoms with Gasteiger partial charge in [-0.15, -0.1) is 0 Å². The first-order valence-electron chi connectivity index (χ1n) is 4.34. The molecule has 2 aliphatic rings. The minimum atomic E-state index is -0.210. The van der Waals surface area contributed by atoms with Crippen LogP contribution in [-0.4, -0.2) is 29.9 Å². The lowest BCUT2D eigenvalue weighted by molar-refractivity contribution is -0.121. The Hall–Kier alpha value is -1.06. The Bertz CT molecular complexity index is 223. The van der Waals surface area contributed by atoms with E-state index in [1.807, 2.05) is 0 Å². The van der Waals surface area contributed by atoms with Gasteiger partial charge in [0.1, 0.15) is 0 Å². The van der Waals surface area contributed by atoms with Crippen LogP contribution in [0.3, 0.4) is 0 Å². The first-order valence-corrected chi connectivity index (χ1v) is 4.34. The Balaban J connectivity index is 1.88. The zero-order chi connectivity index (χ0) is 8.55. The smallest absolute Gasteiger partial charge is 0.324 e.